The Morgan fingerprint density at radius 1 is 1.37 bits per heavy atom. The summed E-state index contributed by atoms with van der Waals surface area (Å²) in [6.07, 6.45) is -1.91. The maximum absolute atomic E-state index is 12.3. The molecule has 0 aliphatic carbocycles. The third-order valence-electron chi connectivity index (χ3n) is 3.80. The van der Waals surface area contributed by atoms with E-state index in [1.807, 2.05) is 0 Å². The van der Waals surface area contributed by atoms with E-state index < -0.39 is 18.3 Å². The molecule has 0 saturated carbocycles. The lowest BCUT2D eigenvalue weighted by molar-refractivity contribution is -0.151. The van der Waals surface area contributed by atoms with Gasteiger partial charge in [0.05, 0.1) is 12.7 Å². The zero-order chi connectivity index (χ0) is 13.7. The van der Waals surface area contributed by atoms with Crippen LogP contribution in [0.1, 0.15) is 12.8 Å². The largest absolute Gasteiger partial charge is 0.401 e. The van der Waals surface area contributed by atoms with Crippen molar-refractivity contribution in [3.05, 3.63) is 12.3 Å². The smallest absolute Gasteiger partial charge is 0.309 e. The molecule has 0 radical (unpaired) electrons. The molecule has 1 aromatic rings. The number of nitrogens with zero attached hydrogens (tertiary/aromatic N) is 3. The Balaban J connectivity index is 1.75. The SMILES string of the molecule is O=C1Nc2ccnn2C12CCN(CC(F)(F)F)CC2. The molecular formula is C11H13F3N4O. The number of nitrogens with one attached hydrogen (secondary N) is 1. The fourth-order valence-corrected chi connectivity index (χ4v) is 2.84. The Labute approximate surface area is 107 Å². The minimum Gasteiger partial charge on any atom is -0.309 e. The predicted octanol–water partition coefficient (Wildman–Crippen LogP) is 1.19. The summed E-state index contributed by atoms with van der Waals surface area (Å²) in [7, 11) is 0. The molecule has 1 aromatic heterocycles. The van der Waals surface area contributed by atoms with Gasteiger partial charge in [-0.15, -0.1) is 0 Å². The van der Waals surface area contributed by atoms with Gasteiger partial charge in [-0.3, -0.25) is 9.69 Å². The van der Waals surface area contributed by atoms with Crippen LogP contribution in [-0.2, 0) is 10.3 Å². The number of aromatic nitrogens is 2. The van der Waals surface area contributed by atoms with Crippen molar-refractivity contribution in [1.82, 2.24) is 14.7 Å². The topological polar surface area (TPSA) is 50.2 Å². The minimum absolute atomic E-state index is 0.165. The molecule has 1 fully saturated rings. The highest BCUT2D eigenvalue weighted by atomic mass is 19.4. The minimum atomic E-state index is -4.20. The van der Waals surface area contributed by atoms with Crippen LogP contribution in [0.3, 0.4) is 0 Å². The van der Waals surface area contributed by atoms with Crippen LogP contribution in [0, 0.1) is 0 Å². The number of carbonyl (C=O) groups excluding carboxylic acids is 1. The van der Waals surface area contributed by atoms with Crippen molar-refractivity contribution in [3.63, 3.8) is 0 Å². The number of fused-ring (bicyclic) bond motifs is 2. The van der Waals surface area contributed by atoms with Gasteiger partial charge in [-0.25, -0.2) is 4.68 Å². The Morgan fingerprint density at radius 2 is 2.05 bits per heavy atom. The molecule has 2 aliphatic rings. The van der Waals surface area contributed by atoms with E-state index in [9.17, 15) is 18.0 Å². The highest BCUT2D eigenvalue weighted by Crippen LogP contribution is 2.38. The molecule has 0 atom stereocenters. The van der Waals surface area contributed by atoms with E-state index in [-0.39, 0.29) is 19.0 Å². The van der Waals surface area contributed by atoms with Crippen molar-refractivity contribution >= 4 is 11.7 Å². The van der Waals surface area contributed by atoms with Crippen molar-refractivity contribution in [1.29, 1.82) is 0 Å². The molecule has 1 amide bonds. The molecule has 3 rings (SSSR count). The second-order valence-electron chi connectivity index (χ2n) is 5.01. The van der Waals surface area contributed by atoms with E-state index in [2.05, 4.69) is 10.4 Å². The average molecular weight is 274 g/mol. The molecule has 1 saturated heterocycles. The highest BCUT2D eigenvalue weighted by Gasteiger charge is 2.49. The third-order valence-corrected chi connectivity index (χ3v) is 3.80. The summed E-state index contributed by atoms with van der Waals surface area (Å²) in [5.41, 5.74) is -0.805. The molecule has 0 bridgehead atoms. The van der Waals surface area contributed by atoms with Gasteiger partial charge in [-0.05, 0) is 12.8 Å². The number of hydrogen-bond acceptors (Lipinski definition) is 3. The van der Waals surface area contributed by atoms with Gasteiger partial charge in [0.2, 0.25) is 0 Å². The fraction of sp³-hybridized carbons (Fsp3) is 0.636. The van der Waals surface area contributed by atoms with Crippen LogP contribution in [-0.4, -0.2) is 46.4 Å². The van der Waals surface area contributed by atoms with Gasteiger partial charge < -0.3 is 5.32 Å². The Hall–Kier alpha value is -1.57. The third kappa shape index (κ3) is 1.99. The summed E-state index contributed by atoms with van der Waals surface area (Å²) < 4.78 is 38.6. The van der Waals surface area contributed by atoms with Gasteiger partial charge in [-0.2, -0.15) is 18.3 Å². The summed E-state index contributed by atoms with van der Waals surface area (Å²) in [5.74, 6) is 0.455. The maximum Gasteiger partial charge on any atom is 0.401 e. The molecule has 0 aromatic carbocycles. The van der Waals surface area contributed by atoms with Crippen LogP contribution in [0.25, 0.3) is 0 Å². The van der Waals surface area contributed by atoms with Crippen molar-refractivity contribution in [3.8, 4) is 0 Å². The molecular weight excluding hydrogens is 261 g/mol. The van der Waals surface area contributed by atoms with Crippen molar-refractivity contribution in [2.45, 2.75) is 24.6 Å². The normalized spacial score (nSPS) is 22.6. The summed E-state index contributed by atoms with van der Waals surface area (Å²) in [6.45, 7) is -0.435. The van der Waals surface area contributed by atoms with E-state index in [0.29, 0.717) is 18.7 Å². The van der Waals surface area contributed by atoms with E-state index in [4.69, 9.17) is 0 Å². The number of hydrogen-bond donors (Lipinski definition) is 1. The molecule has 8 heteroatoms. The molecule has 104 valence electrons. The van der Waals surface area contributed by atoms with Crippen molar-refractivity contribution in [2.24, 2.45) is 0 Å². The van der Waals surface area contributed by atoms with Gasteiger partial charge in [-0.1, -0.05) is 0 Å². The van der Waals surface area contributed by atoms with Crippen LogP contribution in [0.5, 0.6) is 0 Å². The number of carbonyl (C=O) groups is 1. The van der Waals surface area contributed by atoms with E-state index >= 15 is 0 Å². The van der Waals surface area contributed by atoms with Gasteiger partial charge in [0.15, 0.2) is 0 Å². The summed E-state index contributed by atoms with van der Waals surface area (Å²) in [6, 6.07) is 1.69. The number of piperidine rings is 1. The number of alkyl halides is 3. The van der Waals surface area contributed by atoms with Crippen LogP contribution < -0.4 is 5.32 Å². The summed E-state index contributed by atoms with van der Waals surface area (Å²) in [4.78, 5) is 13.4. The Kier molecular flexibility index (Phi) is 2.60. The Morgan fingerprint density at radius 3 is 2.68 bits per heavy atom. The predicted molar refractivity (Wildman–Crippen MR) is 60.6 cm³/mol. The van der Waals surface area contributed by atoms with Crippen molar-refractivity contribution in [2.75, 3.05) is 25.0 Å². The molecule has 5 nitrogen and oxygen atoms in total. The molecule has 3 heterocycles. The number of likely N-dealkylation sites (tertiary alicyclic amines) is 1. The van der Waals surface area contributed by atoms with Crippen LogP contribution in [0.2, 0.25) is 0 Å². The second kappa shape index (κ2) is 3.96. The standard InChI is InChI=1S/C11H13F3N4O/c12-11(13,14)7-17-5-2-10(3-6-17)9(19)16-8-1-4-15-18(8)10/h1,4H,2-3,5-7H2,(H,16,19). The zero-order valence-corrected chi connectivity index (χ0v) is 10.1. The average Bonchev–Trinajstić information content (AvgIpc) is 2.84. The van der Waals surface area contributed by atoms with Gasteiger partial charge in [0.1, 0.15) is 11.4 Å². The van der Waals surface area contributed by atoms with Crippen LogP contribution >= 0.6 is 0 Å². The summed E-state index contributed by atoms with van der Waals surface area (Å²) >= 11 is 0. The van der Waals surface area contributed by atoms with Gasteiger partial charge in [0.25, 0.3) is 5.91 Å². The lowest BCUT2D eigenvalue weighted by Gasteiger charge is -2.37. The highest BCUT2D eigenvalue weighted by molar-refractivity contribution is 6.00. The summed E-state index contributed by atoms with van der Waals surface area (Å²) in [5, 5.41) is 6.84. The molecule has 1 N–H and O–H groups in total. The van der Waals surface area contributed by atoms with E-state index in [1.54, 1.807) is 16.9 Å². The first kappa shape index (κ1) is 12.5. The molecule has 19 heavy (non-hydrogen) atoms. The molecule has 0 unspecified atom stereocenters. The number of rotatable bonds is 1. The van der Waals surface area contributed by atoms with Crippen molar-refractivity contribution < 1.29 is 18.0 Å². The number of anilines is 1. The van der Waals surface area contributed by atoms with Crippen LogP contribution in [0.15, 0.2) is 12.3 Å². The first-order valence-electron chi connectivity index (χ1n) is 6.06. The first-order valence-corrected chi connectivity index (χ1v) is 6.06. The Bertz CT molecular complexity index is 502. The molecule has 1 spiro atoms. The molecule has 2 aliphatic heterocycles. The number of amides is 1. The first-order chi connectivity index (χ1) is 8.91. The quantitative estimate of drug-likeness (QED) is 0.837. The zero-order valence-electron chi connectivity index (χ0n) is 10.1. The fourth-order valence-electron chi connectivity index (χ4n) is 2.84. The lowest BCUT2D eigenvalue weighted by atomic mass is 9.87. The van der Waals surface area contributed by atoms with E-state index in [0.717, 1.165) is 0 Å². The second-order valence-corrected chi connectivity index (χ2v) is 5.01. The van der Waals surface area contributed by atoms with E-state index in [1.165, 1.54) is 4.90 Å². The monoisotopic (exact) mass is 274 g/mol. The number of halogens is 3. The van der Waals surface area contributed by atoms with Gasteiger partial charge in [0, 0.05) is 19.2 Å². The van der Waals surface area contributed by atoms with Gasteiger partial charge >= 0.3 is 6.18 Å². The van der Waals surface area contributed by atoms with Crippen LogP contribution in [0.4, 0.5) is 19.0 Å². The lowest BCUT2D eigenvalue weighted by Crippen LogP contribution is -2.51. The maximum atomic E-state index is 12.3.